The normalized spacial score (nSPS) is 11.4. The van der Waals surface area contributed by atoms with E-state index < -0.39 is 30.1 Å². The molecule has 0 amide bonds. The fraction of sp³-hybridized carbons (Fsp3) is 0.250. The van der Waals surface area contributed by atoms with Crippen molar-refractivity contribution < 1.29 is 27.4 Å². The minimum Gasteiger partial charge on any atom is -0.502 e. The zero-order valence-corrected chi connectivity index (χ0v) is 6.81. The molecule has 0 saturated carbocycles. The number of benzene rings is 1. The molecule has 0 aromatic heterocycles. The van der Waals surface area contributed by atoms with Gasteiger partial charge in [0.1, 0.15) is 0 Å². The van der Waals surface area contributed by atoms with Crippen molar-refractivity contribution in [1.29, 1.82) is 0 Å². The molecular weight excluding hydrogens is 204 g/mol. The molecule has 0 saturated heterocycles. The zero-order chi connectivity index (χ0) is 10.8. The first kappa shape index (κ1) is 10.6. The summed E-state index contributed by atoms with van der Waals surface area (Å²) in [5.74, 6) is -2.47. The topological polar surface area (TPSA) is 29.5 Å². The third-order valence-electron chi connectivity index (χ3n) is 1.34. The molecule has 0 aliphatic carbocycles. The number of ether oxygens (including phenoxy) is 1. The van der Waals surface area contributed by atoms with E-state index in [1.165, 1.54) is 0 Å². The number of rotatable bonds is 2. The van der Waals surface area contributed by atoms with Crippen LogP contribution < -0.4 is 4.74 Å². The smallest absolute Gasteiger partial charge is 0.422 e. The summed E-state index contributed by atoms with van der Waals surface area (Å²) in [6.45, 7) is -1.57. The van der Waals surface area contributed by atoms with E-state index in [1.807, 2.05) is 0 Å². The first-order chi connectivity index (χ1) is 6.40. The number of alkyl halides is 3. The fourth-order valence-corrected chi connectivity index (χ4v) is 0.772. The summed E-state index contributed by atoms with van der Waals surface area (Å²) in [6, 6.07) is 3.10. The molecule has 78 valence electrons. The predicted molar refractivity (Wildman–Crippen MR) is 39.6 cm³/mol. The zero-order valence-electron chi connectivity index (χ0n) is 6.81. The molecule has 0 aliphatic heterocycles. The predicted octanol–water partition coefficient (Wildman–Crippen LogP) is 2.47. The Morgan fingerprint density at radius 1 is 1.29 bits per heavy atom. The standard InChI is InChI=1S/C8H6F4O2/c9-5-2-1-3-6(7(5)13)14-4-8(10,11)12/h1-3,13H,4H2. The third kappa shape index (κ3) is 2.79. The van der Waals surface area contributed by atoms with Crippen LogP contribution in [0.2, 0.25) is 0 Å². The summed E-state index contributed by atoms with van der Waals surface area (Å²) in [6.07, 6.45) is -4.52. The molecule has 2 nitrogen and oxygen atoms in total. The van der Waals surface area contributed by atoms with Gasteiger partial charge in [-0.25, -0.2) is 4.39 Å². The Morgan fingerprint density at radius 3 is 2.50 bits per heavy atom. The van der Waals surface area contributed by atoms with Crippen molar-refractivity contribution in [3.63, 3.8) is 0 Å². The lowest BCUT2D eigenvalue weighted by Crippen LogP contribution is -2.19. The Morgan fingerprint density at radius 2 is 1.93 bits per heavy atom. The van der Waals surface area contributed by atoms with E-state index in [1.54, 1.807) is 0 Å². The largest absolute Gasteiger partial charge is 0.502 e. The molecule has 0 spiro atoms. The highest BCUT2D eigenvalue weighted by Gasteiger charge is 2.29. The Kier molecular flexibility index (Phi) is 2.83. The Hall–Kier alpha value is -1.46. The number of halogens is 4. The maximum atomic E-state index is 12.6. The monoisotopic (exact) mass is 210 g/mol. The van der Waals surface area contributed by atoms with Crippen molar-refractivity contribution in [1.82, 2.24) is 0 Å². The SMILES string of the molecule is Oc1c(F)cccc1OCC(F)(F)F. The van der Waals surface area contributed by atoms with Crippen LogP contribution in [0.4, 0.5) is 17.6 Å². The molecule has 0 heterocycles. The number of hydrogen-bond acceptors (Lipinski definition) is 2. The van der Waals surface area contributed by atoms with Gasteiger partial charge < -0.3 is 9.84 Å². The van der Waals surface area contributed by atoms with Gasteiger partial charge in [0.15, 0.2) is 23.9 Å². The summed E-state index contributed by atoms with van der Waals surface area (Å²) in [5, 5.41) is 8.93. The minimum atomic E-state index is -4.52. The van der Waals surface area contributed by atoms with Gasteiger partial charge in [0, 0.05) is 0 Å². The molecule has 0 aliphatic rings. The van der Waals surface area contributed by atoms with Crippen LogP contribution in [-0.4, -0.2) is 17.9 Å². The quantitative estimate of drug-likeness (QED) is 0.760. The highest BCUT2D eigenvalue weighted by molar-refractivity contribution is 5.39. The van der Waals surface area contributed by atoms with Crippen molar-refractivity contribution in [2.75, 3.05) is 6.61 Å². The molecule has 1 aromatic rings. The number of hydrogen-bond donors (Lipinski definition) is 1. The van der Waals surface area contributed by atoms with Crippen molar-refractivity contribution in [3.8, 4) is 11.5 Å². The lowest BCUT2D eigenvalue weighted by atomic mass is 10.3. The van der Waals surface area contributed by atoms with Gasteiger partial charge in [0.05, 0.1) is 0 Å². The number of aromatic hydroxyl groups is 1. The van der Waals surface area contributed by atoms with Gasteiger partial charge >= 0.3 is 6.18 Å². The second-order valence-corrected chi connectivity index (χ2v) is 2.49. The van der Waals surface area contributed by atoms with Crippen LogP contribution in [-0.2, 0) is 0 Å². The van der Waals surface area contributed by atoms with Crippen LogP contribution in [0.3, 0.4) is 0 Å². The first-order valence-corrected chi connectivity index (χ1v) is 3.57. The van der Waals surface area contributed by atoms with E-state index in [4.69, 9.17) is 5.11 Å². The maximum absolute atomic E-state index is 12.6. The van der Waals surface area contributed by atoms with E-state index in [2.05, 4.69) is 4.74 Å². The van der Waals surface area contributed by atoms with Gasteiger partial charge in [0.2, 0.25) is 0 Å². The van der Waals surface area contributed by atoms with Crippen LogP contribution in [0.5, 0.6) is 11.5 Å². The second kappa shape index (κ2) is 3.73. The molecule has 6 heteroatoms. The highest BCUT2D eigenvalue weighted by Crippen LogP contribution is 2.29. The number of phenolic OH excluding ortho intramolecular Hbond substituents is 1. The van der Waals surface area contributed by atoms with Crippen molar-refractivity contribution in [3.05, 3.63) is 24.0 Å². The van der Waals surface area contributed by atoms with Gasteiger partial charge in [-0.1, -0.05) is 6.07 Å². The summed E-state index contributed by atoms with van der Waals surface area (Å²) >= 11 is 0. The van der Waals surface area contributed by atoms with E-state index in [9.17, 15) is 17.6 Å². The van der Waals surface area contributed by atoms with Crippen LogP contribution in [0.15, 0.2) is 18.2 Å². The fourth-order valence-electron chi connectivity index (χ4n) is 0.772. The van der Waals surface area contributed by atoms with Crippen LogP contribution in [0.1, 0.15) is 0 Å². The molecule has 0 unspecified atom stereocenters. The van der Waals surface area contributed by atoms with Crippen LogP contribution in [0, 0.1) is 5.82 Å². The van der Waals surface area contributed by atoms with Gasteiger partial charge in [-0.2, -0.15) is 13.2 Å². The van der Waals surface area contributed by atoms with Crippen molar-refractivity contribution in [2.45, 2.75) is 6.18 Å². The average Bonchev–Trinajstić information content (AvgIpc) is 2.06. The molecule has 1 N–H and O–H groups in total. The van der Waals surface area contributed by atoms with Crippen molar-refractivity contribution in [2.24, 2.45) is 0 Å². The molecule has 0 bridgehead atoms. The highest BCUT2D eigenvalue weighted by atomic mass is 19.4. The lowest BCUT2D eigenvalue weighted by molar-refractivity contribution is -0.153. The Balaban J connectivity index is 2.73. The van der Waals surface area contributed by atoms with Gasteiger partial charge in [-0.3, -0.25) is 0 Å². The van der Waals surface area contributed by atoms with E-state index in [0.717, 1.165) is 18.2 Å². The Labute approximate surface area is 76.7 Å². The maximum Gasteiger partial charge on any atom is 0.422 e. The molecule has 1 rings (SSSR count). The van der Waals surface area contributed by atoms with E-state index in [0.29, 0.717) is 0 Å². The number of phenols is 1. The second-order valence-electron chi connectivity index (χ2n) is 2.49. The summed E-state index contributed by atoms with van der Waals surface area (Å²) < 4.78 is 51.8. The summed E-state index contributed by atoms with van der Waals surface area (Å²) in [5.41, 5.74) is 0. The van der Waals surface area contributed by atoms with Crippen molar-refractivity contribution >= 4 is 0 Å². The molecular formula is C8H6F4O2. The van der Waals surface area contributed by atoms with E-state index >= 15 is 0 Å². The summed E-state index contributed by atoms with van der Waals surface area (Å²) in [7, 11) is 0. The molecule has 14 heavy (non-hydrogen) atoms. The summed E-state index contributed by atoms with van der Waals surface area (Å²) in [4.78, 5) is 0. The van der Waals surface area contributed by atoms with E-state index in [-0.39, 0.29) is 0 Å². The minimum absolute atomic E-state index is 0.526. The third-order valence-corrected chi connectivity index (χ3v) is 1.34. The molecule has 0 radical (unpaired) electrons. The van der Waals surface area contributed by atoms with Gasteiger partial charge in [0.25, 0.3) is 0 Å². The molecule has 0 atom stereocenters. The first-order valence-electron chi connectivity index (χ1n) is 3.57. The average molecular weight is 210 g/mol. The van der Waals surface area contributed by atoms with Gasteiger partial charge in [-0.05, 0) is 12.1 Å². The number of para-hydroxylation sites is 1. The van der Waals surface area contributed by atoms with Gasteiger partial charge in [-0.15, -0.1) is 0 Å². The molecule has 1 aromatic carbocycles. The Bertz CT molecular complexity index is 322. The van der Waals surface area contributed by atoms with Crippen LogP contribution >= 0.6 is 0 Å². The van der Waals surface area contributed by atoms with Crippen LogP contribution in [0.25, 0.3) is 0 Å². The molecule has 0 fully saturated rings. The lowest BCUT2D eigenvalue weighted by Gasteiger charge is -2.10.